The fourth-order valence-corrected chi connectivity index (χ4v) is 2.74. The average Bonchev–Trinajstić information content (AvgIpc) is 2.99. The third-order valence-electron chi connectivity index (χ3n) is 2.92. The highest BCUT2D eigenvalue weighted by Gasteiger charge is 2.05. The summed E-state index contributed by atoms with van der Waals surface area (Å²) in [6, 6.07) is 8.38. The van der Waals surface area contributed by atoms with Gasteiger partial charge in [-0.1, -0.05) is 0 Å². The molecule has 3 aromatic rings. The van der Waals surface area contributed by atoms with E-state index in [0.29, 0.717) is 0 Å². The molecular weight excluding hydrogens is 256 g/mol. The summed E-state index contributed by atoms with van der Waals surface area (Å²) in [5, 5.41) is 1.21. The largest absolute Gasteiger partial charge is 0.491 e. The van der Waals surface area contributed by atoms with Crippen LogP contribution in [0.2, 0.25) is 0 Å². The molecule has 0 aliphatic heterocycles. The van der Waals surface area contributed by atoms with Crippen molar-refractivity contribution in [3.8, 4) is 5.75 Å². The van der Waals surface area contributed by atoms with Crippen molar-refractivity contribution in [1.82, 2.24) is 9.55 Å². The van der Waals surface area contributed by atoms with Gasteiger partial charge >= 0.3 is 0 Å². The van der Waals surface area contributed by atoms with E-state index in [-0.39, 0.29) is 6.10 Å². The Balaban J connectivity index is 1.91. The van der Waals surface area contributed by atoms with Crippen LogP contribution in [0.15, 0.2) is 42.2 Å². The Bertz CT molecular complexity index is 671. The van der Waals surface area contributed by atoms with Crippen molar-refractivity contribution in [2.45, 2.75) is 26.5 Å². The summed E-state index contributed by atoms with van der Waals surface area (Å²) in [5.41, 5.74) is 3.10. The van der Waals surface area contributed by atoms with Gasteiger partial charge in [-0.05, 0) is 38.1 Å². The Morgan fingerprint density at radius 3 is 2.95 bits per heavy atom. The summed E-state index contributed by atoms with van der Waals surface area (Å²) >= 11 is 1.68. The highest BCUT2D eigenvalue weighted by atomic mass is 32.1. The molecular formula is C15H16N2OS. The first-order valence-corrected chi connectivity index (χ1v) is 7.23. The van der Waals surface area contributed by atoms with Crippen LogP contribution in [-0.2, 0) is 6.54 Å². The fourth-order valence-electron chi connectivity index (χ4n) is 2.15. The molecule has 0 N–H and O–H groups in total. The van der Waals surface area contributed by atoms with Gasteiger partial charge in [0, 0.05) is 28.2 Å². The lowest BCUT2D eigenvalue weighted by atomic mass is 10.2. The van der Waals surface area contributed by atoms with E-state index in [9.17, 15) is 0 Å². The van der Waals surface area contributed by atoms with Gasteiger partial charge in [0.05, 0.1) is 18.2 Å². The van der Waals surface area contributed by atoms with Crippen LogP contribution in [0.3, 0.4) is 0 Å². The SMILES string of the molecule is CC(C)Oc1ccc2c(ccn2Cc2cncs2)c1. The molecule has 19 heavy (non-hydrogen) atoms. The molecule has 0 unspecified atom stereocenters. The Kier molecular flexibility index (Phi) is 3.25. The maximum Gasteiger partial charge on any atom is 0.120 e. The number of hydrogen-bond donors (Lipinski definition) is 0. The van der Waals surface area contributed by atoms with Crippen LogP contribution in [0.1, 0.15) is 18.7 Å². The Morgan fingerprint density at radius 2 is 2.21 bits per heavy atom. The third-order valence-corrected chi connectivity index (χ3v) is 3.69. The van der Waals surface area contributed by atoms with E-state index in [1.807, 2.05) is 31.6 Å². The van der Waals surface area contributed by atoms with Gasteiger partial charge in [0.25, 0.3) is 0 Å². The summed E-state index contributed by atoms with van der Waals surface area (Å²) < 4.78 is 7.96. The standard InChI is InChI=1S/C15H16N2OS/c1-11(2)18-13-3-4-15-12(7-13)5-6-17(15)9-14-8-16-10-19-14/h3-8,10-11H,9H2,1-2H3. The summed E-state index contributed by atoms with van der Waals surface area (Å²) in [6.07, 6.45) is 4.24. The summed E-state index contributed by atoms with van der Waals surface area (Å²) in [5.74, 6) is 0.929. The van der Waals surface area contributed by atoms with E-state index in [4.69, 9.17) is 4.74 Å². The lowest BCUT2D eigenvalue weighted by molar-refractivity contribution is 0.243. The molecule has 0 saturated carbocycles. The van der Waals surface area contributed by atoms with Crippen LogP contribution in [-0.4, -0.2) is 15.7 Å². The predicted octanol–water partition coefficient (Wildman–Crippen LogP) is 3.93. The van der Waals surface area contributed by atoms with Gasteiger partial charge in [-0.2, -0.15) is 0 Å². The molecule has 4 heteroatoms. The molecule has 0 radical (unpaired) electrons. The number of aromatic nitrogens is 2. The van der Waals surface area contributed by atoms with E-state index >= 15 is 0 Å². The molecule has 2 aromatic heterocycles. The van der Waals surface area contributed by atoms with Crippen molar-refractivity contribution in [2.24, 2.45) is 0 Å². The van der Waals surface area contributed by atoms with Crippen LogP contribution in [0.25, 0.3) is 10.9 Å². The highest BCUT2D eigenvalue weighted by Crippen LogP contribution is 2.24. The van der Waals surface area contributed by atoms with Crippen molar-refractivity contribution in [2.75, 3.05) is 0 Å². The zero-order valence-electron chi connectivity index (χ0n) is 11.0. The first kappa shape index (κ1) is 12.2. The second kappa shape index (κ2) is 5.05. The molecule has 3 nitrogen and oxygen atoms in total. The van der Waals surface area contributed by atoms with E-state index in [2.05, 4.69) is 33.9 Å². The number of thiazole rings is 1. The van der Waals surface area contributed by atoms with E-state index < -0.39 is 0 Å². The van der Waals surface area contributed by atoms with Crippen molar-refractivity contribution < 1.29 is 4.74 Å². The summed E-state index contributed by atoms with van der Waals surface area (Å²) in [4.78, 5) is 5.38. The number of nitrogens with zero attached hydrogens (tertiary/aromatic N) is 2. The van der Waals surface area contributed by atoms with Gasteiger partial charge in [0.1, 0.15) is 5.75 Å². The smallest absolute Gasteiger partial charge is 0.120 e. The van der Waals surface area contributed by atoms with E-state index in [1.165, 1.54) is 15.8 Å². The lowest BCUT2D eigenvalue weighted by Crippen LogP contribution is -2.05. The molecule has 2 heterocycles. The Morgan fingerprint density at radius 1 is 1.32 bits per heavy atom. The quantitative estimate of drug-likeness (QED) is 0.719. The third kappa shape index (κ3) is 2.63. The van der Waals surface area contributed by atoms with Gasteiger partial charge in [0.2, 0.25) is 0 Å². The lowest BCUT2D eigenvalue weighted by Gasteiger charge is -2.10. The van der Waals surface area contributed by atoms with E-state index in [0.717, 1.165) is 12.3 Å². The molecule has 0 aliphatic rings. The number of rotatable bonds is 4. The molecule has 0 spiro atoms. The number of fused-ring (bicyclic) bond motifs is 1. The summed E-state index contributed by atoms with van der Waals surface area (Å²) in [6.45, 7) is 4.96. The first-order valence-electron chi connectivity index (χ1n) is 6.35. The number of hydrogen-bond acceptors (Lipinski definition) is 3. The number of benzene rings is 1. The van der Waals surface area contributed by atoms with Crippen LogP contribution >= 0.6 is 11.3 Å². The Labute approximate surface area is 116 Å². The summed E-state index contributed by atoms with van der Waals surface area (Å²) in [7, 11) is 0. The monoisotopic (exact) mass is 272 g/mol. The minimum atomic E-state index is 0.205. The fraction of sp³-hybridized carbons (Fsp3) is 0.267. The van der Waals surface area contributed by atoms with Crippen molar-refractivity contribution >= 4 is 22.2 Å². The zero-order valence-corrected chi connectivity index (χ0v) is 11.9. The molecule has 0 aliphatic carbocycles. The molecule has 0 amide bonds. The van der Waals surface area contributed by atoms with Crippen molar-refractivity contribution in [3.63, 3.8) is 0 Å². The van der Waals surface area contributed by atoms with Gasteiger partial charge in [-0.15, -0.1) is 11.3 Å². The van der Waals surface area contributed by atoms with Gasteiger partial charge < -0.3 is 9.30 Å². The van der Waals surface area contributed by atoms with E-state index in [1.54, 1.807) is 11.3 Å². The molecule has 98 valence electrons. The van der Waals surface area contributed by atoms with Crippen molar-refractivity contribution in [1.29, 1.82) is 0 Å². The average molecular weight is 272 g/mol. The highest BCUT2D eigenvalue weighted by molar-refractivity contribution is 7.09. The minimum absolute atomic E-state index is 0.205. The van der Waals surface area contributed by atoms with Crippen LogP contribution in [0, 0.1) is 0 Å². The maximum atomic E-state index is 5.72. The Hall–Kier alpha value is -1.81. The molecule has 1 aromatic carbocycles. The molecule has 0 atom stereocenters. The normalized spacial score (nSPS) is 11.3. The predicted molar refractivity (Wildman–Crippen MR) is 78.9 cm³/mol. The topological polar surface area (TPSA) is 27.1 Å². The molecule has 0 fully saturated rings. The molecule has 0 saturated heterocycles. The van der Waals surface area contributed by atoms with Crippen LogP contribution < -0.4 is 4.74 Å². The zero-order chi connectivity index (χ0) is 13.2. The minimum Gasteiger partial charge on any atom is -0.491 e. The second-order valence-electron chi connectivity index (χ2n) is 4.80. The van der Waals surface area contributed by atoms with Crippen LogP contribution in [0.4, 0.5) is 0 Å². The molecule has 3 rings (SSSR count). The van der Waals surface area contributed by atoms with Gasteiger partial charge in [0.15, 0.2) is 0 Å². The number of ether oxygens (including phenoxy) is 1. The first-order chi connectivity index (χ1) is 9.22. The van der Waals surface area contributed by atoms with Crippen LogP contribution in [0.5, 0.6) is 5.75 Å². The van der Waals surface area contributed by atoms with Gasteiger partial charge in [-0.3, -0.25) is 4.98 Å². The van der Waals surface area contributed by atoms with Crippen molar-refractivity contribution in [3.05, 3.63) is 47.0 Å². The maximum absolute atomic E-state index is 5.72. The second-order valence-corrected chi connectivity index (χ2v) is 5.77. The molecule has 0 bridgehead atoms. The van der Waals surface area contributed by atoms with Gasteiger partial charge in [-0.25, -0.2) is 0 Å².